The third kappa shape index (κ3) is 5.76. The molecule has 14 heteroatoms. The Labute approximate surface area is 242 Å². The van der Waals surface area contributed by atoms with Crippen molar-refractivity contribution >= 4 is 0 Å². The van der Waals surface area contributed by atoms with Gasteiger partial charge in [-0.15, -0.1) is 0 Å². The van der Waals surface area contributed by atoms with E-state index in [2.05, 4.69) is 0 Å². The molecule has 42 heavy (non-hydrogen) atoms. The number of aliphatic hydroxyl groups excluding tert-OH is 5. The molecule has 7 N–H and O–H groups in total. The van der Waals surface area contributed by atoms with E-state index in [-0.39, 0.29) is 47.5 Å². The molecule has 14 nitrogen and oxygen atoms in total. The van der Waals surface area contributed by atoms with Crippen molar-refractivity contribution in [3.8, 4) is 34.5 Å². The van der Waals surface area contributed by atoms with Gasteiger partial charge >= 0.3 is 0 Å². The van der Waals surface area contributed by atoms with Crippen LogP contribution in [0, 0.1) is 5.92 Å². The summed E-state index contributed by atoms with van der Waals surface area (Å²) in [5, 5.41) is 72.8. The highest BCUT2D eigenvalue weighted by Gasteiger charge is 2.55. The van der Waals surface area contributed by atoms with Crippen molar-refractivity contribution in [1.82, 2.24) is 0 Å². The molecule has 0 saturated carbocycles. The first kappa shape index (κ1) is 31.8. The number of aliphatic hydroxyl groups is 5. The summed E-state index contributed by atoms with van der Waals surface area (Å²) in [6.45, 7) is -1.34. The van der Waals surface area contributed by atoms with Crippen LogP contribution in [0.15, 0.2) is 24.3 Å². The summed E-state index contributed by atoms with van der Waals surface area (Å²) < 4.78 is 39.4. The zero-order valence-corrected chi connectivity index (χ0v) is 23.7. The van der Waals surface area contributed by atoms with Gasteiger partial charge in [-0.3, -0.25) is 0 Å². The van der Waals surface area contributed by atoms with E-state index in [4.69, 9.17) is 33.2 Å². The minimum Gasteiger partial charge on any atom is -0.502 e. The van der Waals surface area contributed by atoms with Crippen molar-refractivity contribution in [2.45, 2.75) is 48.8 Å². The van der Waals surface area contributed by atoms with Crippen LogP contribution in [0.3, 0.4) is 0 Å². The van der Waals surface area contributed by atoms with Crippen molar-refractivity contribution < 1.29 is 68.9 Å². The Hall–Kier alpha value is -3.08. The molecule has 0 unspecified atom stereocenters. The Kier molecular flexibility index (Phi) is 9.90. The highest BCUT2D eigenvalue weighted by Crippen LogP contribution is 2.50. The molecule has 2 aliphatic heterocycles. The van der Waals surface area contributed by atoms with Crippen molar-refractivity contribution in [2.75, 3.05) is 48.3 Å². The fourth-order valence-corrected chi connectivity index (χ4v) is 5.54. The second kappa shape index (κ2) is 13.1. The van der Waals surface area contributed by atoms with Gasteiger partial charge in [0.15, 0.2) is 29.3 Å². The first-order valence-corrected chi connectivity index (χ1v) is 13.2. The summed E-state index contributed by atoms with van der Waals surface area (Å²) in [5.41, 5.74) is -0.478. The summed E-state index contributed by atoms with van der Waals surface area (Å²) in [6.07, 6.45) is -8.70. The molecule has 0 amide bonds. The van der Waals surface area contributed by atoms with E-state index in [1.54, 1.807) is 12.1 Å². The number of benzene rings is 2. The van der Waals surface area contributed by atoms with Crippen LogP contribution in [-0.2, 0) is 20.6 Å². The third-order valence-corrected chi connectivity index (χ3v) is 7.82. The molecule has 2 aromatic carbocycles. The lowest BCUT2D eigenvalue weighted by Gasteiger charge is -2.44. The molecular formula is C28H38O14. The molecule has 0 radical (unpaired) electrons. The standard InChI is InChI=1S/C28H38O14/c1-36-16-5-13(6-17(37-2)21(16)31)9-28(42-27-25(35)24(34)23(33)20(11-30)41-27)12-40-26(15(28)10-29)14-7-18(38-3)22(32)19(8-14)39-4/h5-8,15,20,23-27,29-35H,9-12H2,1-4H3/t15-,20-,23-,24+,25-,26-,27+,28+/m1/s1. The van der Waals surface area contributed by atoms with Crippen LogP contribution in [0.2, 0.25) is 0 Å². The Morgan fingerprint density at radius 3 is 1.76 bits per heavy atom. The van der Waals surface area contributed by atoms with Crippen LogP contribution < -0.4 is 18.9 Å². The van der Waals surface area contributed by atoms with Gasteiger partial charge in [0.25, 0.3) is 0 Å². The van der Waals surface area contributed by atoms with Gasteiger partial charge in [0.1, 0.15) is 30.0 Å². The molecule has 2 heterocycles. The maximum Gasteiger partial charge on any atom is 0.200 e. The van der Waals surface area contributed by atoms with Crippen LogP contribution in [0.1, 0.15) is 17.2 Å². The maximum atomic E-state index is 10.8. The predicted octanol–water partition coefficient (Wildman–Crippen LogP) is -0.390. The monoisotopic (exact) mass is 598 g/mol. The van der Waals surface area contributed by atoms with Crippen molar-refractivity contribution in [3.63, 3.8) is 0 Å². The van der Waals surface area contributed by atoms with E-state index >= 15 is 0 Å². The van der Waals surface area contributed by atoms with Crippen LogP contribution in [-0.4, -0.2) is 120 Å². The largest absolute Gasteiger partial charge is 0.502 e. The summed E-state index contributed by atoms with van der Waals surface area (Å²) in [6, 6.07) is 6.15. The molecule has 2 aromatic rings. The minimum atomic E-state index is -1.73. The van der Waals surface area contributed by atoms with Gasteiger partial charge in [-0.1, -0.05) is 0 Å². The molecular weight excluding hydrogens is 560 g/mol. The van der Waals surface area contributed by atoms with Crippen molar-refractivity contribution in [1.29, 1.82) is 0 Å². The maximum absolute atomic E-state index is 10.8. The lowest BCUT2D eigenvalue weighted by atomic mass is 9.79. The van der Waals surface area contributed by atoms with Gasteiger partial charge < -0.3 is 68.9 Å². The minimum absolute atomic E-state index is 0.0108. The summed E-state index contributed by atoms with van der Waals surface area (Å²) in [7, 11) is 5.48. The molecule has 2 aliphatic rings. The molecule has 8 atom stereocenters. The summed E-state index contributed by atoms with van der Waals surface area (Å²) >= 11 is 0. The Balaban J connectivity index is 1.80. The number of aromatic hydroxyl groups is 2. The molecule has 0 aromatic heterocycles. The van der Waals surface area contributed by atoms with Gasteiger partial charge in [-0.05, 0) is 35.4 Å². The van der Waals surface area contributed by atoms with Crippen LogP contribution in [0.5, 0.6) is 34.5 Å². The molecule has 0 bridgehead atoms. The van der Waals surface area contributed by atoms with E-state index in [9.17, 15) is 35.7 Å². The lowest BCUT2D eigenvalue weighted by molar-refractivity contribution is -0.331. The van der Waals surface area contributed by atoms with Crippen molar-refractivity contribution in [2.24, 2.45) is 5.92 Å². The van der Waals surface area contributed by atoms with Crippen LogP contribution >= 0.6 is 0 Å². The molecule has 0 spiro atoms. The number of phenolic OH excluding ortho intramolecular Hbond substituents is 2. The zero-order valence-electron chi connectivity index (χ0n) is 23.7. The second-order valence-electron chi connectivity index (χ2n) is 10.2. The molecule has 2 saturated heterocycles. The highest BCUT2D eigenvalue weighted by atomic mass is 16.7. The van der Waals surface area contributed by atoms with E-state index in [1.165, 1.54) is 40.6 Å². The Morgan fingerprint density at radius 2 is 1.29 bits per heavy atom. The SMILES string of the molecule is COc1cc(C[C@]2(O[C@@H]3O[C@H](CO)[C@@H](O)[C@H](O)[C@H]3O)CO[C@H](c3cc(OC)c(O)c(OC)c3)[C@H]2CO)cc(OC)c1O. The van der Waals surface area contributed by atoms with Gasteiger partial charge in [0, 0.05) is 12.3 Å². The highest BCUT2D eigenvalue weighted by molar-refractivity contribution is 5.54. The zero-order chi connectivity index (χ0) is 30.8. The second-order valence-corrected chi connectivity index (χ2v) is 10.2. The molecule has 4 rings (SSSR count). The van der Waals surface area contributed by atoms with Crippen LogP contribution in [0.25, 0.3) is 0 Å². The van der Waals surface area contributed by atoms with E-state index in [0.717, 1.165) is 0 Å². The van der Waals surface area contributed by atoms with Gasteiger partial charge in [-0.2, -0.15) is 0 Å². The van der Waals surface area contributed by atoms with E-state index in [1.807, 2.05) is 0 Å². The van der Waals surface area contributed by atoms with Gasteiger partial charge in [-0.25, -0.2) is 0 Å². The summed E-state index contributed by atoms with van der Waals surface area (Å²) in [4.78, 5) is 0. The Morgan fingerprint density at radius 1 is 0.762 bits per heavy atom. The topological polar surface area (TPSA) is 206 Å². The Bertz CT molecular complexity index is 1170. The number of phenols is 2. The molecule has 234 valence electrons. The fraction of sp³-hybridized carbons (Fsp3) is 0.571. The van der Waals surface area contributed by atoms with E-state index in [0.29, 0.717) is 11.1 Å². The van der Waals surface area contributed by atoms with Crippen molar-refractivity contribution in [3.05, 3.63) is 35.4 Å². The first-order valence-electron chi connectivity index (χ1n) is 13.2. The molecule has 2 fully saturated rings. The number of hydrogen-bond acceptors (Lipinski definition) is 14. The summed E-state index contributed by atoms with van der Waals surface area (Å²) in [5.74, 6) is -0.901. The average molecular weight is 599 g/mol. The normalized spacial score (nSPS) is 31.1. The number of methoxy groups -OCH3 is 4. The van der Waals surface area contributed by atoms with Gasteiger partial charge in [0.2, 0.25) is 11.5 Å². The number of ether oxygens (including phenoxy) is 7. The molecule has 0 aliphatic carbocycles. The van der Waals surface area contributed by atoms with E-state index < -0.39 is 61.5 Å². The van der Waals surface area contributed by atoms with Crippen LogP contribution in [0.4, 0.5) is 0 Å². The average Bonchev–Trinajstić information content (AvgIpc) is 3.35. The quantitative estimate of drug-likeness (QED) is 0.176. The first-order chi connectivity index (χ1) is 20.1. The third-order valence-electron chi connectivity index (χ3n) is 7.82. The number of rotatable bonds is 11. The lowest BCUT2D eigenvalue weighted by Crippen LogP contribution is -2.62. The smallest absolute Gasteiger partial charge is 0.200 e. The fourth-order valence-electron chi connectivity index (χ4n) is 5.54. The number of hydrogen-bond donors (Lipinski definition) is 7. The van der Waals surface area contributed by atoms with Gasteiger partial charge in [0.05, 0.1) is 54.4 Å². The predicted molar refractivity (Wildman–Crippen MR) is 143 cm³/mol.